The molecule has 2 aromatic rings. The van der Waals surface area contributed by atoms with E-state index in [4.69, 9.17) is 4.74 Å². The van der Waals surface area contributed by atoms with Gasteiger partial charge in [-0.2, -0.15) is 0 Å². The van der Waals surface area contributed by atoms with E-state index in [0.29, 0.717) is 30.2 Å². The van der Waals surface area contributed by atoms with E-state index < -0.39 is 5.97 Å². The van der Waals surface area contributed by atoms with Gasteiger partial charge in [-0.25, -0.2) is 0 Å². The zero-order valence-corrected chi connectivity index (χ0v) is 16.8. The summed E-state index contributed by atoms with van der Waals surface area (Å²) in [6.07, 6.45) is 2.11. The Morgan fingerprint density at radius 1 is 1.07 bits per heavy atom. The number of hydrogen-bond donors (Lipinski definition) is 1. The number of carbonyl (C=O) groups is 3. The van der Waals surface area contributed by atoms with Crippen LogP contribution >= 0.6 is 0 Å². The molecule has 0 unspecified atom stereocenters. The number of hydrogen-bond acceptors (Lipinski definition) is 5. The van der Waals surface area contributed by atoms with Crippen molar-refractivity contribution in [2.45, 2.75) is 19.4 Å². The highest BCUT2D eigenvalue weighted by Crippen LogP contribution is 2.31. The van der Waals surface area contributed by atoms with Crippen molar-refractivity contribution in [1.29, 1.82) is 0 Å². The number of nitrogens with one attached hydrogen (secondary N) is 1. The summed E-state index contributed by atoms with van der Waals surface area (Å²) in [6.45, 7) is 1.10. The summed E-state index contributed by atoms with van der Waals surface area (Å²) in [5.41, 5.74) is 4.10. The van der Waals surface area contributed by atoms with E-state index in [0.717, 1.165) is 12.0 Å². The summed E-state index contributed by atoms with van der Waals surface area (Å²) in [6, 6.07) is 15.3. The molecule has 0 saturated heterocycles. The third kappa shape index (κ3) is 4.05. The first-order chi connectivity index (χ1) is 14.5. The van der Waals surface area contributed by atoms with Gasteiger partial charge in [-0.15, -0.1) is 0 Å². The predicted octanol–water partition coefficient (Wildman–Crippen LogP) is 2.48. The highest BCUT2D eigenvalue weighted by Gasteiger charge is 2.28. The summed E-state index contributed by atoms with van der Waals surface area (Å²) in [4.78, 5) is 41.0. The van der Waals surface area contributed by atoms with Crippen molar-refractivity contribution in [3.8, 4) is 0 Å². The Morgan fingerprint density at radius 2 is 1.80 bits per heavy atom. The molecule has 7 heteroatoms. The molecule has 7 nitrogen and oxygen atoms in total. The molecule has 0 saturated carbocycles. The Morgan fingerprint density at radius 3 is 2.60 bits per heavy atom. The molecule has 1 N–H and O–H groups in total. The van der Waals surface area contributed by atoms with Gasteiger partial charge in [-0.3, -0.25) is 19.3 Å². The molecular formula is C23H23N3O4. The molecule has 154 valence electrons. The van der Waals surface area contributed by atoms with Gasteiger partial charge in [0.25, 0.3) is 5.91 Å². The van der Waals surface area contributed by atoms with Crippen LogP contribution in [0.2, 0.25) is 0 Å². The number of benzene rings is 2. The fraction of sp³-hybridized carbons (Fsp3) is 0.261. The Hall–Kier alpha value is -3.61. The first-order valence-electron chi connectivity index (χ1n) is 9.84. The van der Waals surface area contributed by atoms with Crippen LogP contribution in [0.4, 0.5) is 11.4 Å². The van der Waals surface area contributed by atoms with Crippen LogP contribution in [0.1, 0.15) is 17.5 Å². The van der Waals surface area contributed by atoms with Crippen molar-refractivity contribution in [2.75, 3.05) is 30.4 Å². The number of fused-ring (bicyclic) bond motifs is 2. The van der Waals surface area contributed by atoms with Crippen LogP contribution in [0.5, 0.6) is 0 Å². The molecule has 0 fully saturated rings. The maximum absolute atomic E-state index is 13.1. The molecule has 2 aromatic carbocycles. The third-order valence-electron chi connectivity index (χ3n) is 5.39. The summed E-state index contributed by atoms with van der Waals surface area (Å²) >= 11 is 0. The first kappa shape index (κ1) is 19.7. The lowest BCUT2D eigenvalue weighted by Gasteiger charge is -2.31. The molecule has 2 amide bonds. The molecule has 0 aromatic heterocycles. The van der Waals surface area contributed by atoms with E-state index in [-0.39, 0.29) is 24.8 Å². The average molecular weight is 405 g/mol. The molecule has 2 aliphatic heterocycles. The first-order valence-corrected chi connectivity index (χ1v) is 9.84. The number of anilines is 2. The highest BCUT2D eigenvalue weighted by molar-refractivity contribution is 6.09. The zero-order valence-electron chi connectivity index (χ0n) is 16.8. The number of amides is 2. The van der Waals surface area contributed by atoms with Crippen molar-refractivity contribution >= 4 is 29.2 Å². The van der Waals surface area contributed by atoms with Gasteiger partial charge in [0.05, 0.1) is 24.9 Å². The second-order valence-electron chi connectivity index (χ2n) is 7.32. The number of rotatable bonds is 4. The van der Waals surface area contributed by atoms with Crippen LogP contribution in [-0.2, 0) is 32.1 Å². The Bertz CT molecular complexity index is 1030. The smallest absolute Gasteiger partial charge is 0.311 e. The molecule has 0 spiro atoms. The minimum atomic E-state index is -0.449. The summed E-state index contributed by atoms with van der Waals surface area (Å²) in [7, 11) is 1.30. The molecule has 0 radical (unpaired) electrons. The number of nitrogens with zero attached hydrogens (tertiary/aromatic N) is 2. The van der Waals surface area contributed by atoms with E-state index >= 15 is 0 Å². The quantitative estimate of drug-likeness (QED) is 0.791. The second kappa shape index (κ2) is 8.41. The predicted molar refractivity (Wildman–Crippen MR) is 113 cm³/mol. The SMILES string of the molecule is COC(=O)CC1=CC(=O)N(CC(=O)N2CCc3ccccc3C2)c2ccccc2N1. The van der Waals surface area contributed by atoms with Gasteiger partial charge in [0.15, 0.2) is 0 Å². The maximum atomic E-state index is 13.1. The van der Waals surface area contributed by atoms with Crippen molar-refractivity contribution in [1.82, 2.24) is 4.90 Å². The van der Waals surface area contributed by atoms with Crippen LogP contribution in [0.15, 0.2) is 60.3 Å². The Kier molecular flexibility index (Phi) is 5.52. The number of esters is 1. The second-order valence-corrected chi connectivity index (χ2v) is 7.32. The van der Waals surface area contributed by atoms with E-state index in [1.54, 1.807) is 11.0 Å². The van der Waals surface area contributed by atoms with Crippen molar-refractivity contribution in [3.63, 3.8) is 0 Å². The monoisotopic (exact) mass is 405 g/mol. The fourth-order valence-electron chi connectivity index (χ4n) is 3.80. The van der Waals surface area contributed by atoms with Crippen LogP contribution in [0.3, 0.4) is 0 Å². The zero-order chi connectivity index (χ0) is 21.1. The minimum absolute atomic E-state index is 0.0543. The molecule has 30 heavy (non-hydrogen) atoms. The van der Waals surface area contributed by atoms with E-state index in [9.17, 15) is 14.4 Å². The lowest BCUT2D eigenvalue weighted by Crippen LogP contribution is -2.44. The van der Waals surface area contributed by atoms with Gasteiger partial charge in [0.1, 0.15) is 6.54 Å². The molecule has 4 rings (SSSR count). The molecule has 0 atom stereocenters. The number of methoxy groups -OCH3 is 1. The largest absolute Gasteiger partial charge is 0.469 e. The van der Waals surface area contributed by atoms with Gasteiger partial charge in [-0.05, 0) is 29.7 Å². The van der Waals surface area contributed by atoms with Crippen molar-refractivity contribution < 1.29 is 19.1 Å². The number of ether oxygens (including phenoxy) is 1. The average Bonchev–Trinajstić information content (AvgIpc) is 2.89. The van der Waals surface area contributed by atoms with E-state index in [1.807, 2.05) is 36.4 Å². The summed E-state index contributed by atoms with van der Waals surface area (Å²) in [5.74, 6) is -0.912. The van der Waals surface area contributed by atoms with Crippen LogP contribution < -0.4 is 10.2 Å². The summed E-state index contributed by atoms with van der Waals surface area (Å²) < 4.78 is 4.71. The number of para-hydroxylation sites is 2. The lowest BCUT2D eigenvalue weighted by molar-refractivity contribution is -0.139. The standard InChI is InChI=1S/C23H23N3O4/c1-30-23(29)13-18-12-21(27)26(20-9-5-4-8-19(20)24-18)15-22(28)25-11-10-16-6-2-3-7-17(16)14-25/h2-9,12,24H,10-11,13-15H2,1H3. The van der Waals surface area contributed by atoms with Gasteiger partial charge >= 0.3 is 5.97 Å². The lowest BCUT2D eigenvalue weighted by atomic mass is 10.00. The molecule has 0 bridgehead atoms. The van der Waals surface area contributed by atoms with E-state index in [2.05, 4.69) is 11.4 Å². The maximum Gasteiger partial charge on any atom is 0.311 e. The topological polar surface area (TPSA) is 79.0 Å². The molecular weight excluding hydrogens is 382 g/mol. The highest BCUT2D eigenvalue weighted by atomic mass is 16.5. The fourth-order valence-corrected chi connectivity index (χ4v) is 3.80. The van der Waals surface area contributed by atoms with Crippen LogP contribution in [0, 0.1) is 0 Å². The Balaban J connectivity index is 1.56. The molecule has 2 heterocycles. The van der Waals surface area contributed by atoms with Crippen molar-refractivity contribution in [3.05, 3.63) is 71.4 Å². The Labute approximate surface area is 174 Å². The summed E-state index contributed by atoms with van der Waals surface area (Å²) in [5, 5.41) is 3.12. The third-order valence-corrected chi connectivity index (χ3v) is 5.39. The van der Waals surface area contributed by atoms with Crippen LogP contribution in [0.25, 0.3) is 0 Å². The van der Waals surface area contributed by atoms with Gasteiger partial charge in [-0.1, -0.05) is 36.4 Å². The van der Waals surface area contributed by atoms with Gasteiger partial charge in [0.2, 0.25) is 5.91 Å². The number of carbonyl (C=O) groups excluding carboxylic acids is 3. The van der Waals surface area contributed by atoms with Crippen molar-refractivity contribution in [2.24, 2.45) is 0 Å². The minimum Gasteiger partial charge on any atom is -0.469 e. The van der Waals surface area contributed by atoms with E-state index in [1.165, 1.54) is 23.6 Å². The normalized spacial score (nSPS) is 15.4. The molecule has 2 aliphatic rings. The van der Waals surface area contributed by atoms with Crippen LogP contribution in [-0.4, -0.2) is 42.9 Å². The van der Waals surface area contributed by atoms with Gasteiger partial charge < -0.3 is 15.0 Å². The van der Waals surface area contributed by atoms with Gasteiger partial charge in [0, 0.05) is 24.9 Å². The molecule has 0 aliphatic carbocycles.